The lowest BCUT2D eigenvalue weighted by molar-refractivity contribution is -0.141. The Morgan fingerprint density at radius 1 is 1.16 bits per heavy atom. The molecule has 1 fully saturated rings. The minimum Gasteiger partial charge on any atom is -0.481 e. The summed E-state index contributed by atoms with van der Waals surface area (Å²) in [4.78, 5) is 31.0. The number of halogens is 4. The van der Waals surface area contributed by atoms with Crippen molar-refractivity contribution >= 4 is 11.7 Å². The molecule has 2 atom stereocenters. The molecule has 2 aliphatic heterocycles. The Hall–Kier alpha value is -3.83. The maximum Gasteiger partial charge on any atom is 0.434 e. The average Bonchev–Trinajstić information content (AvgIpc) is 3.30. The number of aryl methyl sites for hydroxylation is 2. The molecule has 3 aromatic heterocycles. The zero-order valence-corrected chi connectivity index (χ0v) is 21.1. The summed E-state index contributed by atoms with van der Waals surface area (Å²) in [7, 11) is 1.43. The maximum atomic E-state index is 14.4. The number of anilines is 1. The standard InChI is InChI=1S/C26H26F4N6O2/c1-14(17-9-22(38-3)33-10-19(17)27)24(37)36-7-6-25(13-36)5-4-16-8-18(15(2)34-23(16)35-25)20-11-32-21(12-31-20)26(28,29)30/h8-12,14H,4-7,13H2,1-3H3,(H,34,35)/t14-,25+/m1/s1. The number of carbonyl (C=O) groups is 1. The first kappa shape index (κ1) is 25.8. The van der Waals surface area contributed by atoms with Crippen molar-refractivity contribution in [3.8, 4) is 17.1 Å². The van der Waals surface area contributed by atoms with E-state index in [0.29, 0.717) is 48.7 Å². The van der Waals surface area contributed by atoms with Crippen molar-refractivity contribution in [3.05, 3.63) is 59.1 Å². The summed E-state index contributed by atoms with van der Waals surface area (Å²) in [6.45, 7) is 4.41. The third-order valence-corrected chi connectivity index (χ3v) is 7.34. The van der Waals surface area contributed by atoms with E-state index in [1.165, 1.54) is 13.2 Å². The summed E-state index contributed by atoms with van der Waals surface area (Å²) in [6, 6.07) is 3.33. The maximum absolute atomic E-state index is 14.4. The van der Waals surface area contributed by atoms with E-state index in [4.69, 9.17) is 4.74 Å². The minimum atomic E-state index is -4.55. The molecule has 3 aromatic rings. The smallest absolute Gasteiger partial charge is 0.434 e. The summed E-state index contributed by atoms with van der Waals surface area (Å²) >= 11 is 0. The first-order chi connectivity index (χ1) is 18.0. The van der Waals surface area contributed by atoms with Gasteiger partial charge in [0.2, 0.25) is 11.8 Å². The molecule has 5 heterocycles. The zero-order valence-electron chi connectivity index (χ0n) is 21.1. The monoisotopic (exact) mass is 530 g/mol. The molecule has 200 valence electrons. The lowest BCUT2D eigenvalue weighted by Crippen LogP contribution is -2.46. The highest BCUT2D eigenvalue weighted by Gasteiger charge is 2.43. The number of pyridine rings is 2. The number of nitrogens with zero attached hydrogens (tertiary/aromatic N) is 5. The summed E-state index contributed by atoms with van der Waals surface area (Å²) in [6.07, 6.45) is 0.450. The molecule has 0 aliphatic carbocycles. The van der Waals surface area contributed by atoms with E-state index < -0.39 is 23.6 Å². The number of nitrogens with one attached hydrogen (secondary N) is 1. The second-order valence-electron chi connectivity index (χ2n) is 9.80. The number of ether oxygens (including phenoxy) is 1. The molecule has 2 aliphatic rings. The zero-order chi connectivity index (χ0) is 27.2. The number of carbonyl (C=O) groups excluding carboxylic acids is 1. The Morgan fingerprint density at radius 3 is 2.63 bits per heavy atom. The fourth-order valence-corrected chi connectivity index (χ4v) is 5.16. The van der Waals surface area contributed by atoms with Crippen LogP contribution >= 0.6 is 0 Å². The van der Waals surface area contributed by atoms with Crippen molar-refractivity contribution in [2.45, 2.75) is 50.7 Å². The van der Waals surface area contributed by atoms with Crippen LogP contribution in [-0.2, 0) is 17.4 Å². The Labute approximate surface area is 216 Å². The van der Waals surface area contributed by atoms with E-state index in [1.54, 1.807) is 18.7 Å². The molecule has 0 aromatic carbocycles. The lowest BCUT2D eigenvalue weighted by Gasteiger charge is -2.36. The first-order valence-electron chi connectivity index (χ1n) is 12.2. The van der Waals surface area contributed by atoms with E-state index in [-0.39, 0.29) is 22.9 Å². The van der Waals surface area contributed by atoms with Gasteiger partial charge in [-0.05, 0) is 44.7 Å². The van der Waals surface area contributed by atoms with Crippen LogP contribution in [0.25, 0.3) is 11.3 Å². The topological polar surface area (TPSA) is 93.1 Å². The van der Waals surface area contributed by atoms with Gasteiger partial charge in [0.15, 0.2) is 5.69 Å². The van der Waals surface area contributed by atoms with Crippen LogP contribution in [0.4, 0.5) is 23.4 Å². The van der Waals surface area contributed by atoms with Gasteiger partial charge in [0.05, 0.1) is 42.9 Å². The molecule has 38 heavy (non-hydrogen) atoms. The predicted molar refractivity (Wildman–Crippen MR) is 130 cm³/mol. The quantitative estimate of drug-likeness (QED) is 0.495. The Morgan fingerprint density at radius 2 is 1.95 bits per heavy atom. The number of aromatic nitrogens is 4. The van der Waals surface area contributed by atoms with Gasteiger partial charge in [0, 0.05) is 36.0 Å². The average molecular weight is 531 g/mol. The summed E-state index contributed by atoms with van der Waals surface area (Å²) in [5.41, 5.74) is 1.28. The van der Waals surface area contributed by atoms with Crippen molar-refractivity contribution in [2.24, 2.45) is 0 Å². The van der Waals surface area contributed by atoms with Crippen molar-refractivity contribution in [3.63, 3.8) is 0 Å². The SMILES string of the molecule is COc1cc([C@@H](C)C(=O)N2CC[C@@]3(CCc4cc(-c5cnc(C(F)(F)F)cn5)c(C)nc4N3)C2)c(F)cn1. The minimum absolute atomic E-state index is 0.179. The van der Waals surface area contributed by atoms with Crippen LogP contribution in [0.15, 0.2) is 30.7 Å². The normalized spacial score (nSPS) is 19.7. The van der Waals surface area contributed by atoms with Gasteiger partial charge in [-0.15, -0.1) is 0 Å². The van der Waals surface area contributed by atoms with Gasteiger partial charge in [-0.2, -0.15) is 13.2 Å². The second kappa shape index (κ2) is 9.48. The number of amides is 1. The summed E-state index contributed by atoms with van der Waals surface area (Å²) in [5.74, 6) is -0.511. The van der Waals surface area contributed by atoms with Crippen molar-refractivity contribution in [1.82, 2.24) is 24.8 Å². The van der Waals surface area contributed by atoms with Gasteiger partial charge >= 0.3 is 6.18 Å². The number of hydrogen-bond donors (Lipinski definition) is 1. The number of alkyl halides is 3. The van der Waals surface area contributed by atoms with Gasteiger partial charge in [0.25, 0.3) is 0 Å². The molecule has 0 radical (unpaired) electrons. The van der Waals surface area contributed by atoms with Crippen LogP contribution in [0.2, 0.25) is 0 Å². The molecular weight excluding hydrogens is 504 g/mol. The van der Waals surface area contributed by atoms with Crippen molar-refractivity contribution in [2.75, 3.05) is 25.5 Å². The van der Waals surface area contributed by atoms with Crippen LogP contribution in [0.5, 0.6) is 5.88 Å². The molecule has 1 saturated heterocycles. The molecular formula is C26H26F4N6O2. The first-order valence-corrected chi connectivity index (χ1v) is 12.2. The van der Waals surface area contributed by atoms with E-state index in [9.17, 15) is 22.4 Å². The van der Waals surface area contributed by atoms with Crippen LogP contribution in [-0.4, -0.2) is 56.5 Å². The molecule has 0 bridgehead atoms. The summed E-state index contributed by atoms with van der Waals surface area (Å²) in [5, 5.41) is 3.52. The number of likely N-dealkylation sites (tertiary alicyclic amines) is 1. The second-order valence-corrected chi connectivity index (χ2v) is 9.80. The van der Waals surface area contributed by atoms with E-state index in [1.807, 2.05) is 6.07 Å². The molecule has 1 amide bonds. The van der Waals surface area contributed by atoms with Crippen LogP contribution in [0.3, 0.4) is 0 Å². The predicted octanol–water partition coefficient (Wildman–Crippen LogP) is 4.54. The van der Waals surface area contributed by atoms with Gasteiger partial charge in [-0.3, -0.25) is 9.78 Å². The third kappa shape index (κ3) is 4.74. The molecule has 0 unspecified atom stereocenters. The van der Waals surface area contributed by atoms with Gasteiger partial charge in [0.1, 0.15) is 11.6 Å². The van der Waals surface area contributed by atoms with Crippen molar-refractivity contribution in [1.29, 1.82) is 0 Å². The van der Waals surface area contributed by atoms with Crippen LogP contribution in [0, 0.1) is 12.7 Å². The summed E-state index contributed by atoms with van der Waals surface area (Å²) < 4.78 is 58.1. The van der Waals surface area contributed by atoms with Crippen molar-refractivity contribution < 1.29 is 27.1 Å². The van der Waals surface area contributed by atoms with Crippen LogP contribution < -0.4 is 10.1 Å². The number of hydrogen-bond acceptors (Lipinski definition) is 7. The molecule has 12 heteroatoms. The lowest BCUT2D eigenvalue weighted by atomic mass is 9.86. The Bertz CT molecular complexity index is 1380. The number of rotatable bonds is 4. The fraction of sp³-hybridized carbons (Fsp3) is 0.423. The highest BCUT2D eigenvalue weighted by Crippen LogP contribution is 2.39. The molecule has 0 saturated carbocycles. The fourth-order valence-electron chi connectivity index (χ4n) is 5.16. The van der Waals surface area contributed by atoms with Gasteiger partial charge < -0.3 is 15.0 Å². The van der Waals surface area contributed by atoms with E-state index >= 15 is 0 Å². The Balaban J connectivity index is 1.32. The third-order valence-electron chi connectivity index (χ3n) is 7.34. The molecule has 1 spiro atoms. The highest BCUT2D eigenvalue weighted by molar-refractivity contribution is 5.84. The highest BCUT2D eigenvalue weighted by atomic mass is 19.4. The Kier molecular flexibility index (Phi) is 6.44. The largest absolute Gasteiger partial charge is 0.481 e. The molecule has 8 nitrogen and oxygen atoms in total. The van der Waals surface area contributed by atoms with E-state index in [0.717, 1.165) is 30.6 Å². The van der Waals surface area contributed by atoms with Gasteiger partial charge in [-0.25, -0.2) is 19.3 Å². The number of methoxy groups -OCH3 is 1. The van der Waals surface area contributed by atoms with Gasteiger partial charge in [-0.1, -0.05) is 0 Å². The van der Waals surface area contributed by atoms with Crippen LogP contribution in [0.1, 0.15) is 48.2 Å². The molecule has 1 N–H and O–H groups in total. The number of fused-ring (bicyclic) bond motifs is 1. The van der Waals surface area contributed by atoms with E-state index in [2.05, 4.69) is 25.3 Å². The molecule has 5 rings (SSSR count).